The lowest BCUT2D eigenvalue weighted by Gasteiger charge is -2.36. The SMILES string of the molecule is CCCNCc1cnc(N(C)C2CCC2)c2ccccc12. The largest absolute Gasteiger partial charge is 0.356 e. The van der Waals surface area contributed by atoms with Crippen LogP contribution in [0, 0.1) is 0 Å². The zero-order valence-electron chi connectivity index (χ0n) is 13.1. The zero-order chi connectivity index (χ0) is 14.7. The van der Waals surface area contributed by atoms with Gasteiger partial charge >= 0.3 is 0 Å². The molecular formula is C18H25N3. The molecule has 3 heteroatoms. The molecule has 0 atom stereocenters. The topological polar surface area (TPSA) is 28.2 Å². The van der Waals surface area contributed by atoms with Crippen molar-refractivity contribution >= 4 is 16.6 Å². The predicted molar refractivity (Wildman–Crippen MR) is 89.8 cm³/mol. The number of hydrogen-bond acceptors (Lipinski definition) is 3. The van der Waals surface area contributed by atoms with E-state index in [1.807, 2.05) is 0 Å². The molecule has 3 rings (SSSR count). The van der Waals surface area contributed by atoms with Gasteiger partial charge in [0.1, 0.15) is 5.82 Å². The van der Waals surface area contributed by atoms with Crippen molar-refractivity contribution in [2.45, 2.75) is 45.2 Å². The predicted octanol–water partition coefficient (Wildman–Crippen LogP) is 3.72. The standard InChI is InChI=1S/C18H25N3/c1-3-11-19-12-14-13-20-18(21(2)15-7-6-8-15)17-10-5-4-9-16(14)17/h4-5,9-10,13,15,19H,3,6-8,11-12H2,1-2H3. The number of nitrogens with zero attached hydrogens (tertiary/aromatic N) is 2. The molecule has 0 spiro atoms. The van der Waals surface area contributed by atoms with Gasteiger partial charge in [0.05, 0.1) is 0 Å². The molecule has 0 bridgehead atoms. The Balaban J connectivity index is 1.93. The van der Waals surface area contributed by atoms with Crippen molar-refractivity contribution in [1.29, 1.82) is 0 Å². The van der Waals surface area contributed by atoms with Crippen LogP contribution in [0.4, 0.5) is 5.82 Å². The first-order valence-corrected chi connectivity index (χ1v) is 8.11. The van der Waals surface area contributed by atoms with Crippen LogP contribution in [0.3, 0.4) is 0 Å². The Hall–Kier alpha value is -1.61. The van der Waals surface area contributed by atoms with Crippen LogP contribution in [0.15, 0.2) is 30.5 Å². The summed E-state index contributed by atoms with van der Waals surface area (Å²) in [7, 11) is 2.19. The summed E-state index contributed by atoms with van der Waals surface area (Å²) in [5.74, 6) is 1.13. The Kier molecular flexibility index (Phi) is 4.39. The summed E-state index contributed by atoms with van der Waals surface area (Å²) in [5, 5.41) is 6.09. The van der Waals surface area contributed by atoms with E-state index in [-0.39, 0.29) is 0 Å². The van der Waals surface area contributed by atoms with Crippen LogP contribution >= 0.6 is 0 Å². The van der Waals surface area contributed by atoms with Crippen LogP contribution in [0.1, 0.15) is 38.2 Å². The minimum Gasteiger partial charge on any atom is -0.356 e. The number of fused-ring (bicyclic) bond motifs is 1. The molecule has 0 radical (unpaired) electrons. The van der Waals surface area contributed by atoms with Gasteiger partial charge in [-0.05, 0) is 43.2 Å². The summed E-state index contributed by atoms with van der Waals surface area (Å²) < 4.78 is 0. The molecule has 112 valence electrons. The van der Waals surface area contributed by atoms with Crippen LogP contribution in [0.2, 0.25) is 0 Å². The number of aromatic nitrogens is 1. The van der Waals surface area contributed by atoms with Crippen LogP contribution in [0.5, 0.6) is 0 Å². The molecule has 2 aromatic rings. The summed E-state index contributed by atoms with van der Waals surface area (Å²) in [6.45, 7) is 4.15. The number of anilines is 1. The van der Waals surface area contributed by atoms with Crippen LogP contribution in [-0.2, 0) is 6.54 Å². The van der Waals surface area contributed by atoms with Crippen molar-refractivity contribution in [3.8, 4) is 0 Å². The molecular weight excluding hydrogens is 258 g/mol. The van der Waals surface area contributed by atoms with Crippen molar-refractivity contribution < 1.29 is 0 Å². The van der Waals surface area contributed by atoms with E-state index < -0.39 is 0 Å². The van der Waals surface area contributed by atoms with E-state index in [1.165, 1.54) is 35.6 Å². The van der Waals surface area contributed by atoms with Crippen molar-refractivity contribution in [2.24, 2.45) is 0 Å². The highest BCUT2D eigenvalue weighted by molar-refractivity contribution is 5.94. The molecule has 0 aliphatic heterocycles. The molecule has 3 nitrogen and oxygen atoms in total. The van der Waals surface area contributed by atoms with Gasteiger partial charge in [-0.15, -0.1) is 0 Å². The fourth-order valence-electron chi connectivity index (χ4n) is 3.00. The number of nitrogens with one attached hydrogen (secondary N) is 1. The van der Waals surface area contributed by atoms with Crippen molar-refractivity contribution in [3.05, 3.63) is 36.0 Å². The minimum absolute atomic E-state index is 0.671. The second-order valence-corrected chi connectivity index (χ2v) is 6.03. The molecule has 21 heavy (non-hydrogen) atoms. The molecule has 1 saturated carbocycles. The molecule has 1 aliphatic rings. The monoisotopic (exact) mass is 283 g/mol. The first-order valence-electron chi connectivity index (χ1n) is 8.11. The van der Waals surface area contributed by atoms with Gasteiger partial charge in [-0.2, -0.15) is 0 Å². The quantitative estimate of drug-likeness (QED) is 0.819. The lowest BCUT2D eigenvalue weighted by Crippen LogP contribution is -2.37. The van der Waals surface area contributed by atoms with Crippen LogP contribution < -0.4 is 10.2 Å². The Morgan fingerprint density at radius 2 is 2.00 bits per heavy atom. The molecule has 1 fully saturated rings. The van der Waals surface area contributed by atoms with E-state index in [9.17, 15) is 0 Å². The fourth-order valence-corrected chi connectivity index (χ4v) is 3.00. The summed E-state index contributed by atoms with van der Waals surface area (Å²) in [4.78, 5) is 7.14. The van der Waals surface area contributed by atoms with Gasteiger partial charge in [0.25, 0.3) is 0 Å². The maximum Gasteiger partial charge on any atom is 0.136 e. The minimum atomic E-state index is 0.671. The van der Waals surface area contributed by atoms with Crippen LogP contribution in [-0.4, -0.2) is 24.6 Å². The van der Waals surface area contributed by atoms with Gasteiger partial charge in [0.15, 0.2) is 0 Å². The average molecular weight is 283 g/mol. The number of benzene rings is 1. The highest BCUT2D eigenvalue weighted by Crippen LogP contribution is 2.32. The van der Waals surface area contributed by atoms with E-state index in [0.29, 0.717) is 6.04 Å². The first-order chi connectivity index (χ1) is 10.3. The van der Waals surface area contributed by atoms with E-state index in [2.05, 4.69) is 54.7 Å². The van der Waals surface area contributed by atoms with E-state index in [1.54, 1.807) is 0 Å². The average Bonchev–Trinajstić information content (AvgIpc) is 2.45. The second kappa shape index (κ2) is 6.44. The molecule has 1 aliphatic carbocycles. The van der Waals surface area contributed by atoms with Gasteiger partial charge < -0.3 is 10.2 Å². The molecule has 1 aromatic heterocycles. The summed E-state index contributed by atoms with van der Waals surface area (Å²) in [6.07, 6.45) is 7.16. The Bertz CT molecular complexity index is 604. The Morgan fingerprint density at radius 1 is 1.24 bits per heavy atom. The number of rotatable bonds is 6. The summed E-state index contributed by atoms with van der Waals surface area (Å²) in [5.41, 5.74) is 1.30. The maximum absolute atomic E-state index is 4.77. The molecule has 1 heterocycles. The second-order valence-electron chi connectivity index (χ2n) is 6.03. The molecule has 0 amide bonds. The first kappa shape index (κ1) is 14.3. The van der Waals surface area contributed by atoms with Gasteiger partial charge in [-0.1, -0.05) is 31.2 Å². The highest BCUT2D eigenvalue weighted by atomic mass is 15.2. The van der Waals surface area contributed by atoms with E-state index in [0.717, 1.165) is 25.3 Å². The van der Waals surface area contributed by atoms with Crippen molar-refractivity contribution in [3.63, 3.8) is 0 Å². The summed E-state index contributed by atoms with van der Waals surface area (Å²) >= 11 is 0. The zero-order valence-corrected chi connectivity index (χ0v) is 13.1. The fraction of sp³-hybridized carbons (Fsp3) is 0.500. The molecule has 1 aromatic carbocycles. The lowest BCUT2D eigenvalue weighted by molar-refractivity contribution is 0.400. The van der Waals surface area contributed by atoms with Crippen molar-refractivity contribution in [2.75, 3.05) is 18.5 Å². The van der Waals surface area contributed by atoms with Crippen molar-refractivity contribution in [1.82, 2.24) is 10.3 Å². The van der Waals surface area contributed by atoms with E-state index in [4.69, 9.17) is 4.98 Å². The molecule has 1 N–H and O–H groups in total. The normalized spacial score (nSPS) is 15.1. The Labute approximate surface area is 127 Å². The smallest absolute Gasteiger partial charge is 0.136 e. The third-order valence-electron chi connectivity index (χ3n) is 4.56. The van der Waals surface area contributed by atoms with E-state index >= 15 is 0 Å². The van der Waals surface area contributed by atoms with Gasteiger partial charge in [-0.3, -0.25) is 0 Å². The van der Waals surface area contributed by atoms with Gasteiger partial charge in [0.2, 0.25) is 0 Å². The van der Waals surface area contributed by atoms with Gasteiger partial charge in [0, 0.05) is 31.2 Å². The maximum atomic E-state index is 4.77. The lowest BCUT2D eigenvalue weighted by atomic mass is 9.91. The van der Waals surface area contributed by atoms with Gasteiger partial charge in [-0.25, -0.2) is 4.98 Å². The molecule has 0 unspecified atom stereocenters. The Morgan fingerprint density at radius 3 is 2.67 bits per heavy atom. The summed E-state index contributed by atoms with van der Waals surface area (Å²) in [6, 6.07) is 9.34. The highest BCUT2D eigenvalue weighted by Gasteiger charge is 2.24. The van der Waals surface area contributed by atoms with Crippen LogP contribution in [0.25, 0.3) is 10.8 Å². The molecule has 0 saturated heterocycles. The number of pyridine rings is 1. The third kappa shape index (κ3) is 2.88. The number of hydrogen-bond donors (Lipinski definition) is 1. The third-order valence-corrected chi connectivity index (χ3v) is 4.56.